The molecule has 1 aliphatic heterocycles. The monoisotopic (exact) mass is 366 g/mol. The Balaban J connectivity index is 1.65. The molecule has 0 bridgehead atoms. The van der Waals surface area contributed by atoms with E-state index in [4.69, 9.17) is 4.74 Å². The second kappa shape index (κ2) is 6.92. The summed E-state index contributed by atoms with van der Waals surface area (Å²) in [7, 11) is 0. The molecule has 1 unspecified atom stereocenters. The van der Waals surface area contributed by atoms with Gasteiger partial charge in [-0.3, -0.25) is 0 Å². The number of nitrogens with one attached hydrogen (secondary N) is 2. The molecule has 0 saturated heterocycles. The molecule has 26 heavy (non-hydrogen) atoms. The van der Waals surface area contributed by atoms with E-state index in [0.29, 0.717) is 37.9 Å². The van der Waals surface area contributed by atoms with Crippen LogP contribution in [0.2, 0.25) is 0 Å². The van der Waals surface area contributed by atoms with Gasteiger partial charge < -0.3 is 19.9 Å². The van der Waals surface area contributed by atoms with Crippen molar-refractivity contribution >= 4 is 5.69 Å². The molecule has 8 heteroatoms. The quantitative estimate of drug-likeness (QED) is 0.854. The smallest absolute Gasteiger partial charge is 0.376 e. The van der Waals surface area contributed by atoms with E-state index in [2.05, 4.69) is 20.2 Å². The third-order valence-electron chi connectivity index (χ3n) is 4.80. The highest BCUT2D eigenvalue weighted by Crippen LogP contribution is 2.35. The normalized spacial score (nSPS) is 20.7. The molecule has 1 atom stereocenters. The zero-order valence-electron chi connectivity index (χ0n) is 14.2. The fraction of sp³-hybridized carbons (Fsp3) is 0.500. The molecule has 2 aliphatic rings. The van der Waals surface area contributed by atoms with Gasteiger partial charge in [0, 0.05) is 25.0 Å². The van der Waals surface area contributed by atoms with E-state index >= 15 is 0 Å². The van der Waals surface area contributed by atoms with E-state index in [1.807, 2.05) is 0 Å². The van der Waals surface area contributed by atoms with Crippen LogP contribution in [0, 0.1) is 0 Å². The van der Waals surface area contributed by atoms with Gasteiger partial charge in [0.05, 0.1) is 42.9 Å². The second-order valence-electron chi connectivity index (χ2n) is 6.86. The van der Waals surface area contributed by atoms with Gasteiger partial charge in [0.15, 0.2) is 0 Å². The maximum absolute atomic E-state index is 13.1. The summed E-state index contributed by atoms with van der Waals surface area (Å²) in [4.78, 5) is 9.24. The summed E-state index contributed by atoms with van der Waals surface area (Å²) in [6, 6.07) is 4.01. The molecule has 1 saturated carbocycles. The van der Waals surface area contributed by atoms with Crippen molar-refractivity contribution in [2.45, 2.75) is 44.3 Å². The number of H-pyrrole nitrogens is 1. The van der Waals surface area contributed by atoms with Crippen molar-refractivity contribution in [3.05, 3.63) is 47.5 Å². The summed E-state index contributed by atoms with van der Waals surface area (Å²) in [6.07, 6.45) is 1.51. The third-order valence-corrected chi connectivity index (χ3v) is 4.80. The lowest BCUT2D eigenvalue weighted by atomic mass is 10.1. The maximum atomic E-state index is 13.1. The summed E-state index contributed by atoms with van der Waals surface area (Å²) in [5, 5.41) is 3.27. The van der Waals surface area contributed by atoms with Crippen LogP contribution in [0.25, 0.3) is 0 Å². The van der Waals surface area contributed by atoms with Crippen molar-refractivity contribution < 1.29 is 17.9 Å². The molecule has 0 amide bonds. The molecule has 2 heterocycles. The summed E-state index contributed by atoms with van der Waals surface area (Å²) >= 11 is 0. The van der Waals surface area contributed by atoms with E-state index in [9.17, 15) is 13.2 Å². The molecular formula is C18H21F3N4O. The number of hydrogen-bond donors (Lipinski definition) is 2. The first kappa shape index (κ1) is 17.4. The molecule has 5 nitrogen and oxygen atoms in total. The summed E-state index contributed by atoms with van der Waals surface area (Å²) < 4.78 is 45.2. The minimum atomic E-state index is -4.34. The zero-order chi connectivity index (χ0) is 18.1. The van der Waals surface area contributed by atoms with Crippen LogP contribution in [-0.2, 0) is 24.0 Å². The van der Waals surface area contributed by atoms with Crippen LogP contribution in [0.5, 0.6) is 0 Å². The van der Waals surface area contributed by atoms with Gasteiger partial charge in [-0.15, -0.1) is 0 Å². The maximum Gasteiger partial charge on any atom is 0.416 e. The van der Waals surface area contributed by atoms with Crippen LogP contribution in [-0.4, -0.2) is 35.3 Å². The second-order valence-corrected chi connectivity index (χ2v) is 6.86. The summed E-state index contributed by atoms with van der Waals surface area (Å²) in [5.74, 6) is 0. The number of alkyl halides is 3. The Hall–Kier alpha value is -2.06. The van der Waals surface area contributed by atoms with Crippen molar-refractivity contribution in [3.63, 3.8) is 0 Å². The number of imidazole rings is 1. The molecule has 0 spiro atoms. The van der Waals surface area contributed by atoms with E-state index in [0.717, 1.165) is 30.3 Å². The molecular weight excluding hydrogens is 345 g/mol. The lowest BCUT2D eigenvalue weighted by molar-refractivity contribution is -0.137. The SMILES string of the molecule is FC(F)(F)c1ccc2c(c1)CNCC(COC1CC1)N2Cc1cnc[nH]1. The van der Waals surface area contributed by atoms with E-state index in [-0.39, 0.29) is 6.04 Å². The standard InChI is InChI=1S/C18H21F3N4O/c19-18(20,21)13-1-4-17-12(5-13)6-22-8-15(10-26-16-2-3-16)25(17)9-14-7-23-11-24-14/h1,4-5,7,11,15-16,22H,2-3,6,8-10H2,(H,23,24). The Morgan fingerprint density at radius 2 is 2.12 bits per heavy atom. The van der Waals surface area contributed by atoms with Gasteiger partial charge in [0.1, 0.15) is 0 Å². The Kier molecular flexibility index (Phi) is 4.62. The number of anilines is 1. The first-order valence-corrected chi connectivity index (χ1v) is 8.77. The largest absolute Gasteiger partial charge is 0.416 e. The molecule has 0 radical (unpaired) electrons. The number of aromatic nitrogens is 2. The van der Waals surface area contributed by atoms with E-state index in [1.165, 1.54) is 6.07 Å². The van der Waals surface area contributed by atoms with Crippen LogP contribution in [0.15, 0.2) is 30.7 Å². The fourth-order valence-corrected chi connectivity index (χ4v) is 3.26. The summed E-state index contributed by atoms with van der Waals surface area (Å²) in [6.45, 7) is 2.14. The lowest BCUT2D eigenvalue weighted by Gasteiger charge is -2.32. The number of aromatic amines is 1. The van der Waals surface area contributed by atoms with Crippen LogP contribution < -0.4 is 10.2 Å². The van der Waals surface area contributed by atoms with Crippen molar-refractivity contribution in [1.82, 2.24) is 15.3 Å². The average molecular weight is 366 g/mol. The van der Waals surface area contributed by atoms with Crippen molar-refractivity contribution in [1.29, 1.82) is 0 Å². The number of halogens is 3. The number of benzene rings is 1. The molecule has 1 aromatic carbocycles. The number of nitrogens with zero attached hydrogens (tertiary/aromatic N) is 2. The Labute approximate surface area is 149 Å². The van der Waals surface area contributed by atoms with Gasteiger partial charge in [-0.2, -0.15) is 13.2 Å². The van der Waals surface area contributed by atoms with Crippen molar-refractivity contribution in [2.75, 3.05) is 18.1 Å². The van der Waals surface area contributed by atoms with E-state index < -0.39 is 11.7 Å². The number of ether oxygens (including phenoxy) is 1. The van der Waals surface area contributed by atoms with Gasteiger partial charge in [-0.05, 0) is 36.6 Å². The average Bonchev–Trinajstić information content (AvgIpc) is 3.32. The topological polar surface area (TPSA) is 53.2 Å². The summed E-state index contributed by atoms with van der Waals surface area (Å²) in [5.41, 5.74) is 1.75. The zero-order valence-corrected chi connectivity index (χ0v) is 14.2. The van der Waals surface area contributed by atoms with Crippen LogP contribution in [0.4, 0.5) is 18.9 Å². The first-order valence-electron chi connectivity index (χ1n) is 8.77. The highest BCUT2D eigenvalue weighted by Gasteiger charge is 2.33. The Morgan fingerprint density at radius 3 is 2.81 bits per heavy atom. The van der Waals surface area contributed by atoms with Gasteiger partial charge >= 0.3 is 6.18 Å². The van der Waals surface area contributed by atoms with Gasteiger partial charge in [-0.25, -0.2) is 4.98 Å². The number of hydrogen-bond acceptors (Lipinski definition) is 4. The Bertz CT molecular complexity index is 743. The molecule has 4 rings (SSSR count). The van der Waals surface area contributed by atoms with Crippen molar-refractivity contribution in [2.24, 2.45) is 0 Å². The van der Waals surface area contributed by atoms with Gasteiger partial charge in [0.2, 0.25) is 0 Å². The van der Waals surface area contributed by atoms with Gasteiger partial charge in [-0.1, -0.05) is 0 Å². The van der Waals surface area contributed by atoms with E-state index in [1.54, 1.807) is 18.6 Å². The Morgan fingerprint density at radius 1 is 1.27 bits per heavy atom. The highest BCUT2D eigenvalue weighted by atomic mass is 19.4. The molecule has 140 valence electrons. The minimum absolute atomic E-state index is 0.0388. The first-order chi connectivity index (χ1) is 12.5. The van der Waals surface area contributed by atoms with Crippen molar-refractivity contribution in [3.8, 4) is 0 Å². The number of rotatable bonds is 5. The van der Waals surface area contributed by atoms with Crippen LogP contribution in [0.1, 0.15) is 29.7 Å². The fourth-order valence-electron chi connectivity index (χ4n) is 3.26. The lowest BCUT2D eigenvalue weighted by Crippen LogP contribution is -2.43. The minimum Gasteiger partial charge on any atom is -0.376 e. The molecule has 1 aliphatic carbocycles. The molecule has 2 N–H and O–H groups in total. The van der Waals surface area contributed by atoms with Crippen LogP contribution >= 0.6 is 0 Å². The molecule has 2 aromatic rings. The number of fused-ring (bicyclic) bond motifs is 1. The van der Waals surface area contributed by atoms with Crippen LogP contribution in [0.3, 0.4) is 0 Å². The predicted octanol–water partition coefficient (Wildman–Crippen LogP) is 3.09. The highest BCUT2D eigenvalue weighted by molar-refractivity contribution is 5.57. The molecule has 1 aromatic heterocycles. The predicted molar refractivity (Wildman–Crippen MR) is 90.7 cm³/mol. The van der Waals surface area contributed by atoms with Gasteiger partial charge in [0.25, 0.3) is 0 Å². The molecule has 1 fully saturated rings. The third kappa shape index (κ3) is 3.86.